The molecule has 2 aromatic heterocycles. The summed E-state index contributed by atoms with van der Waals surface area (Å²) in [6.07, 6.45) is 1.67. The zero-order chi connectivity index (χ0) is 22.5. The quantitative estimate of drug-likeness (QED) is 0.477. The number of amides is 2. The Morgan fingerprint density at radius 1 is 1.00 bits per heavy atom. The number of carbonyl (C=O) groups excluding carboxylic acids is 1. The maximum atomic E-state index is 12.4. The predicted octanol–water partition coefficient (Wildman–Crippen LogP) is 4.23. The van der Waals surface area contributed by atoms with Gasteiger partial charge < -0.3 is 20.1 Å². The van der Waals surface area contributed by atoms with Crippen LogP contribution in [0, 0.1) is 6.92 Å². The first kappa shape index (κ1) is 20.9. The first-order valence-corrected chi connectivity index (χ1v) is 9.95. The molecule has 0 spiro atoms. The molecule has 0 radical (unpaired) electrons. The van der Waals surface area contributed by atoms with E-state index < -0.39 is 6.03 Å². The maximum Gasteiger partial charge on any atom is 0.323 e. The molecule has 0 aliphatic rings. The van der Waals surface area contributed by atoms with Gasteiger partial charge in [-0.15, -0.1) is 0 Å². The molecule has 4 aromatic rings. The standard InChI is InChI=1S/C24H22N4O4/c1-16-10-11-17(26-24(30)27-19-7-3-4-8-20(19)31-2)13-21(16)32-15-18-14-23(29)28-12-6-5-9-22(28)25-18/h3-14H,15H2,1-2H3,(H2,26,27,30). The van der Waals surface area contributed by atoms with Crippen LogP contribution < -0.4 is 25.7 Å². The van der Waals surface area contributed by atoms with Gasteiger partial charge in [0.25, 0.3) is 5.56 Å². The van der Waals surface area contributed by atoms with Gasteiger partial charge in [-0.3, -0.25) is 9.20 Å². The molecule has 162 valence electrons. The van der Waals surface area contributed by atoms with Crippen molar-refractivity contribution in [1.82, 2.24) is 9.38 Å². The Bertz CT molecular complexity index is 1330. The number of methoxy groups -OCH3 is 1. The first-order valence-electron chi connectivity index (χ1n) is 9.95. The number of rotatable bonds is 6. The van der Waals surface area contributed by atoms with Crippen LogP contribution in [0.25, 0.3) is 5.65 Å². The fraction of sp³-hybridized carbons (Fsp3) is 0.125. The van der Waals surface area contributed by atoms with Gasteiger partial charge in [-0.1, -0.05) is 24.3 Å². The van der Waals surface area contributed by atoms with E-state index in [4.69, 9.17) is 9.47 Å². The van der Waals surface area contributed by atoms with Crippen LogP contribution >= 0.6 is 0 Å². The van der Waals surface area contributed by atoms with Crippen LogP contribution in [0.2, 0.25) is 0 Å². The molecule has 2 N–H and O–H groups in total. The highest BCUT2D eigenvalue weighted by Crippen LogP contribution is 2.25. The van der Waals surface area contributed by atoms with Gasteiger partial charge in [-0.05, 0) is 42.8 Å². The zero-order valence-electron chi connectivity index (χ0n) is 17.7. The summed E-state index contributed by atoms with van der Waals surface area (Å²) in [4.78, 5) is 29.1. The predicted molar refractivity (Wildman–Crippen MR) is 123 cm³/mol. The second-order valence-corrected chi connectivity index (χ2v) is 7.06. The van der Waals surface area contributed by atoms with Crippen LogP contribution in [0.15, 0.2) is 77.7 Å². The minimum absolute atomic E-state index is 0.123. The number of nitrogens with zero attached hydrogens (tertiary/aromatic N) is 2. The summed E-state index contributed by atoms with van der Waals surface area (Å²) in [6.45, 7) is 2.02. The first-order chi connectivity index (χ1) is 15.5. The Balaban J connectivity index is 1.46. The molecule has 0 aliphatic heterocycles. The van der Waals surface area contributed by atoms with E-state index in [-0.39, 0.29) is 12.2 Å². The summed E-state index contributed by atoms with van der Waals surface area (Å²) in [6, 6.07) is 18.9. The van der Waals surface area contributed by atoms with Crippen molar-refractivity contribution in [3.8, 4) is 11.5 Å². The SMILES string of the molecule is COc1ccccc1NC(=O)Nc1ccc(C)c(OCc2cc(=O)n3ccccc3n2)c1. The van der Waals surface area contributed by atoms with Crippen molar-refractivity contribution in [1.29, 1.82) is 0 Å². The largest absolute Gasteiger partial charge is 0.495 e. The number of para-hydroxylation sites is 2. The van der Waals surface area contributed by atoms with E-state index in [9.17, 15) is 9.59 Å². The van der Waals surface area contributed by atoms with E-state index in [0.717, 1.165) is 5.56 Å². The monoisotopic (exact) mass is 430 g/mol. The van der Waals surface area contributed by atoms with Crippen molar-refractivity contribution in [2.24, 2.45) is 0 Å². The summed E-state index contributed by atoms with van der Waals surface area (Å²) < 4.78 is 12.6. The Hall–Kier alpha value is -4.33. The highest BCUT2D eigenvalue weighted by Gasteiger charge is 2.10. The number of aryl methyl sites for hydroxylation is 1. The molecule has 32 heavy (non-hydrogen) atoms. The lowest BCUT2D eigenvalue weighted by Crippen LogP contribution is -2.20. The van der Waals surface area contributed by atoms with Crippen molar-refractivity contribution in [3.63, 3.8) is 0 Å². The van der Waals surface area contributed by atoms with Crippen molar-refractivity contribution in [3.05, 3.63) is 94.5 Å². The molecule has 8 nitrogen and oxygen atoms in total. The number of ether oxygens (including phenoxy) is 2. The second kappa shape index (κ2) is 9.22. The fourth-order valence-corrected chi connectivity index (χ4v) is 3.19. The van der Waals surface area contributed by atoms with Crippen LogP contribution in [0.4, 0.5) is 16.2 Å². The second-order valence-electron chi connectivity index (χ2n) is 7.06. The van der Waals surface area contributed by atoms with E-state index in [1.807, 2.05) is 31.2 Å². The average Bonchev–Trinajstić information content (AvgIpc) is 2.80. The van der Waals surface area contributed by atoms with E-state index in [1.54, 1.807) is 49.7 Å². The molecule has 0 aliphatic carbocycles. The summed E-state index contributed by atoms with van der Waals surface area (Å²) >= 11 is 0. The van der Waals surface area contributed by atoms with Gasteiger partial charge in [0.2, 0.25) is 0 Å². The van der Waals surface area contributed by atoms with Crippen molar-refractivity contribution in [2.75, 3.05) is 17.7 Å². The molecule has 0 fully saturated rings. The lowest BCUT2D eigenvalue weighted by molar-refractivity contribution is 0.262. The molecular formula is C24H22N4O4. The number of fused-ring (bicyclic) bond motifs is 1. The van der Waals surface area contributed by atoms with E-state index >= 15 is 0 Å². The van der Waals surface area contributed by atoms with Crippen LogP contribution in [0.1, 0.15) is 11.3 Å². The summed E-state index contributed by atoms with van der Waals surface area (Å²) in [5.41, 5.74) is 2.91. The Labute approximate surface area is 184 Å². The summed E-state index contributed by atoms with van der Waals surface area (Å²) in [5, 5.41) is 5.55. The highest BCUT2D eigenvalue weighted by atomic mass is 16.5. The van der Waals surface area contributed by atoms with Gasteiger partial charge in [0.1, 0.15) is 23.8 Å². The number of benzene rings is 2. The van der Waals surface area contributed by atoms with E-state index in [0.29, 0.717) is 34.2 Å². The number of anilines is 2. The highest BCUT2D eigenvalue weighted by molar-refractivity contribution is 6.00. The number of pyridine rings is 1. The number of nitrogens with one attached hydrogen (secondary N) is 2. The van der Waals surface area contributed by atoms with Gasteiger partial charge in [-0.2, -0.15) is 0 Å². The van der Waals surface area contributed by atoms with Gasteiger partial charge in [-0.25, -0.2) is 9.78 Å². The van der Waals surface area contributed by atoms with Gasteiger partial charge in [0.05, 0.1) is 18.5 Å². The van der Waals surface area contributed by atoms with Gasteiger partial charge in [0, 0.05) is 24.0 Å². The molecule has 0 bridgehead atoms. The van der Waals surface area contributed by atoms with Crippen molar-refractivity contribution < 1.29 is 14.3 Å². The van der Waals surface area contributed by atoms with Crippen LogP contribution in [0.3, 0.4) is 0 Å². The van der Waals surface area contributed by atoms with Crippen LogP contribution in [0.5, 0.6) is 11.5 Å². The minimum Gasteiger partial charge on any atom is -0.495 e. The van der Waals surface area contributed by atoms with Crippen LogP contribution in [-0.2, 0) is 6.61 Å². The number of urea groups is 1. The minimum atomic E-state index is -0.409. The van der Waals surface area contributed by atoms with Gasteiger partial charge in [0.15, 0.2) is 0 Å². The van der Waals surface area contributed by atoms with E-state index in [2.05, 4.69) is 15.6 Å². The molecule has 2 heterocycles. The average molecular weight is 430 g/mol. The third-order valence-corrected chi connectivity index (χ3v) is 4.80. The molecule has 0 saturated heterocycles. The number of carbonyl (C=O) groups is 1. The van der Waals surface area contributed by atoms with Crippen LogP contribution in [-0.4, -0.2) is 22.5 Å². The molecule has 8 heteroatoms. The number of hydrogen-bond donors (Lipinski definition) is 2. The Morgan fingerprint density at radius 2 is 1.81 bits per heavy atom. The summed E-state index contributed by atoms with van der Waals surface area (Å²) in [7, 11) is 1.54. The molecule has 0 unspecified atom stereocenters. The maximum absolute atomic E-state index is 12.4. The molecule has 0 saturated carbocycles. The Morgan fingerprint density at radius 3 is 2.66 bits per heavy atom. The van der Waals surface area contributed by atoms with Gasteiger partial charge >= 0.3 is 6.03 Å². The lowest BCUT2D eigenvalue weighted by Gasteiger charge is -2.13. The number of hydrogen-bond acceptors (Lipinski definition) is 5. The smallest absolute Gasteiger partial charge is 0.323 e. The fourth-order valence-electron chi connectivity index (χ4n) is 3.19. The Kier molecular flexibility index (Phi) is 6.03. The zero-order valence-corrected chi connectivity index (χ0v) is 17.7. The molecule has 0 atom stereocenters. The molecular weight excluding hydrogens is 408 g/mol. The molecule has 4 rings (SSSR count). The third kappa shape index (κ3) is 4.70. The van der Waals surface area contributed by atoms with Crippen molar-refractivity contribution in [2.45, 2.75) is 13.5 Å². The molecule has 2 aromatic carbocycles. The summed E-state index contributed by atoms with van der Waals surface area (Å²) in [5.74, 6) is 1.14. The molecule has 2 amide bonds. The normalized spacial score (nSPS) is 10.6. The van der Waals surface area contributed by atoms with E-state index in [1.165, 1.54) is 10.5 Å². The number of aromatic nitrogens is 2. The topological polar surface area (TPSA) is 94.0 Å². The lowest BCUT2D eigenvalue weighted by atomic mass is 10.2. The third-order valence-electron chi connectivity index (χ3n) is 4.80. The van der Waals surface area contributed by atoms with Crippen molar-refractivity contribution >= 4 is 23.1 Å².